The number of hydrogen-bond donors (Lipinski definition) is 1. The summed E-state index contributed by atoms with van der Waals surface area (Å²) in [6.45, 7) is 0. The van der Waals surface area contributed by atoms with Crippen molar-refractivity contribution in [2.45, 2.75) is 61.5 Å². The van der Waals surface area contributed by atoms with Gasteiger partial charge in [0.15, 0.2) is 0 Å². The Labute approximate surface area is 159 Å². The second kappa shape index (κ2) is 6.91. The molecule has 0 aromatic heterocycles. The van der Waals surface area contributed by atoms with Gasteiger partial charge in [-0.3, -0.25) is 4.79 Å². The van der Waals surface area contributed by atoms with Crippen molar-refractivity contribution in [2.24, 2.45) is 5.92 Å². The van der Waals surface area contributed by atoms with Crippen LogP contribution in [-0.4, -0.2) is 49.8 Å². The highest BCUT2D eigenvalue weighted by Gasteiger charge is 2.47. The normalized spacial score (nSPS) is 28.0. The number of ether oxygens (including phenoxy) is 1. The van der Waals surface area contributed by atoms with E-state index in [9.17, 15) is 18.0 Å². The van der Waals surface area contributed by atoms with Crippen LogP contribution in [0.5, 0.6) is 0 Å². The van der Waals surface area contributed by atoms with Crippen LogP contribution in [0, 0.1) is 5.92 Å². The predicted octanol–water partition coefficient (Wildman–Crippen LogP) is 1.68. The summed E-state index contributed by atoms with van der Waals surface area (Å²) in [4.78, 5) is 23.8. The summed E-state index contributed by atoms with van der Waals surface area (Å²) in [6.07, 6.45) is 4.89. The number of sulfonamides is 1. The average molecular weight is 392 g/mol. The second-order valence-corrected chi connectivity index (χ2v) is 9.53. The van der Waals surface area contributed by atoms with Gasteiger partial charge in [-0.05, 0) is 62.8 Å². The fourth-order valence-electron chi connectivity index (χ4n) is 4.31. The molecule has 27 heavy (non-hydrogen) atoms. The number of methoxy groups -OCH3 is 1. The molecule has 3 fully saturated rings. The Balaban J connectivity index is 1.49. The maximum absolute atomic E-state index is 13.2. The number of nitrogens with one attached hydrogen (secondary N) is 1. The average Bonchev–Trinajstić information content (AvgIpc) is 3.46. The molecule has 1 saturated carbocycles. The quantitative estimate of drug-likeness (QED) is 0.770. The molecule has 1 aromatic rings. The van der Waals surface area contributed by atoms with Crippen molar-refractivity contribution in [1.82, 2.24) is 9.62 Å². The zero-order chi connectivity index (χ0) is 19.2. The Morgan fingerprint density at radius 2 is 1.63 bits per heavy atom. The number of fused-ring (bicyclic) bond motifs is 2. The maximum atomic E-state index is 13.2. The van der Waals surface area contributed by atoms with Crippen molar-refractivity contribution in [3.05, 3.63) is 29.8 Å². The van der Waals surface area contributed by atoms with Crippen LogP contribution in [0.15, 0.2) is 29.2 Å². The SMILES string of the molecule is COC(=O)c1ccc(S(=O)(=O)N2[C@@H]3CC[C@@H]2CC(NC(=O)C2CC2)C3)cc1. The molecular formula is C19H24N2O5S. The van der Waals surface area contributed by atoms with Crippen molar-refractivity contribution in [2.75, 3.05) is 7.11 Å². The maximum Gasteiger partial charge on any atom is 0.337 e. The summed E-state index contributed by atoms with van der Waals surface area (Å²) in [5, 5.41) is 3.11. The second-order valence-electron chi connectivity index (χ2n) is 7.69. The molecule has 2 bridgehead atoms. The first-order valence-corrected chi connectivity index (χ1v) is 10.9. The third-order valence-corrected chi connectivity index (χ3v) is 7.83. The number of amides is 1. The van der Waals surface area contributed by atoms with Crippen LogP contribution in [0.25, 0.3) is 0 Å². The summed E-state index contributed by atoms with van der Waals surface area (Å²) in [7, 11) is -2.35. The van der Waals surface area contributed by atoms with E-state index in [0.717, 1.165) is 25.7 Å². The van der Waals surface area contributed by atoms with Crippen LogP contribution in [0.3, 0.4) is 0 Å². The number of benzene rings is 1. The lowest BCUT2D eigenvalue weighted by Gasteiger charge is -2.38. The zero-order valence-corrected chi connectivity index (χ0v) is 16.1. The third-order valence-electron chi connectivity index (χ3n) is 5.81. The minimum atomic E-state index is -3.63. The Morgan fingerprint density at radius 3 is 2.15 bits per heavy atom. The molecule has 4 rings (SSSR count). The summed E-state index contributed by atoms with van der Waals surface area (Å²) in [5.41, 5.74) is 0.320. The number of piperidine rings is 1. The molecule has 2 heterocycles. The lowest BCUT2D eigenvalue weighted by Crippen LogP contribution is -2.52. The van der Waals surface area contributed by atoms with Gasteiger partial charge in [0.1, 0.15) is 0 Å². The molecule has 7 nitrogen and oxygen atoms in total. The number of esters is 1. The minimum Gasteiger partial charge on any atom is -0.465 e. The van der Waals surface area contributed by atoms with Crippen molar-refractivity contribution >= 4 is 21.9 Å². The van der Waals surface area contributed by atoms with Gasteiger partial charge in [-0.2, -0.15) is 4.31 Å². The van der Waals surface area contributed by atoms with Gasteiger partial charge in [0.05, 0.1) is 17.6 Å². The standard InChI is InChI=1S/C19H24N2O5S/c1-26-19(23)13-4-8-17(9-5-13)27(24,25)21-15-6-7-16(21)11-14(10-15)20-18(22)12-2-3-12/h4-5,8-9,12,14-16H,2-3,6-7,10-11H2,1H3,(H,20,22)/t15-,16-/m1/s1. The number of carbonyl (C=O) groups is 2. The molecule has 146 valence electrons. The zero-order valence-electron chi connectivity index (χ0n) is 15.3. The van der Waals surface area contributed by atoms with Crippen LogP contribution >= 0.6 is 0 Å². The summed E-state index contributed by atoms with van der Waals surface area (Å²) < 4.78 is 32.6. The highest BCUT2D eigenvalue weighted by molar-refractivity contribution is 7.89. The molecule has 0 unspecified atom stereocenters. The van der Waals surface area contributed by atoms with E-state index >= 15 is 0 Å². The van der Waals surface area contributed by atoms with Gasteiger partial charge in [-0.15, -0.1) is 0 Å². The number of rotatable bonds is 5. The third kappa shape index (κ3) is 3.48. The van der Waals surface area contributed by atoms with Gasteiger partial charge in [-0.25, -0.2) is 13.2 Å². The molecule has 1 amide bonds. The first-order valence-electron chi connectivity index (χ1n) is 9.42. The van der Waals surface area contributed by atoms with E-state index in [1.807, 2.05) is 0 Å². The fourth-order valence-corrected chi connectivity index (χ4v) is 6.20. The molecule has 0 radical (unpaired) electrons. The van der Waals surface area contributed by atoms with Gasteiger partial charge in [-0.1, -0.05) is 0 Å². The van der Waals surface area contributed by atoms with E-state index in [0.29, 0.717) is 18.4 Å². The number of carbonyl (C=O) groups excluding carboxylic acids is 2. The highest BCUT2D eigenvalue weighted by Crippen LogP contribution is 2.40. The molecular weight excluding hydrogens is 368 g/mol. The van der Waals surface area contributed by atoms with E-state index in [1.54, 1.807) is 4.31 Å². The van der Waals surface area contributed by atoms with Crippen LogP contribution in [0.1, 0.15) is 48.9 Å². The highest BCUT2D eigenvalue weighted by atomic mass is 32.2. The molecule has 1 aliphatic carbocycles. The first kappa shape index (κ1) is 18.4. The Morgan fingerprint density at radius 1 is 1.04 bits per heavy atom. The van der Waals surface area contributed by atoms with E-state index in [2.05, 4.69) is 10.1 Å². The number of nitrogens with zero attached hydrogens (tertiary/aromatic N) is 1. The molecule has 8 heteroatoms. The van der Waals surface area contributed by atoms with E-state index < -0.39 is 16.0 Å². The van der Waals surface area contributed by atoms with Crippen LogP contribution in [-0.2, 0) is 19.6 Å². The topological polar surface area (TPSA) is 92.8 Å². The summed E-state index contributed by atoms with van der Waals surface area (Å²) >= 11 is 0. The van der Waals surface area contributed by atoms with Gasteiger partial charge in [0.25, 0.3) is 0 Å². The fraction of sp³-hybridized carbons (Fsp3) is 0.579. The molecule has 2 atom stereocenters. The molecule has 2 saturated heterocycles. The lowest BCUT2D eigenvalue weighted by molar-refractivity contribution is -0.123. The van der Waals surface area contributed by atoms with Crippen molar-refractivity contribution in [3.8, 4) is 0 Å². The lowest BCUT2D eigenvalue weighted by atomic mass is 9.99. The van der Waals surface area contributed by atoms with E-state index in [-0.39, 0.29) is 34.8 Å². The summed E-state index contributed by atoms with van der Waals surface area (Å²) in [5.74, 6) is -0.210. The Kier molecular flexibility index (Phi) is 4.71. The van der Waals surface area contributed by atoms with E-state index in [4.69, 9.17) is 0 Å². The van der Waals surface area contributed by atoms with Gasteiger partial charge >= 0.3 is 5.97 Å². The monoisotopic (exact) mass is 392 g/mol. The molecule has 1 aromatic carbocycles. The first-order chi connectivity index (χ1) is 12.9. The van der Waals surface area contributed by atoms with Crippen LogP contribution < -0.4 is 5.32 Å². The van der Waals surface area contributed by atoms with Crippen molar-refractivity contribution in [3.63, 3.8) is 0 Å². The molecule has 3 aliphatic rings. The minimum absolute atomic E-state index is 0.0590. The van der Waals surface area contributed by atoms with Gasteiger partial charge in [0, 0.05) is 24.0 Å². The van der Waals surface area contributed by atoms with Crippen molar-refractivity contribution in [1.29, 1.82) is 0 Å². The van der Waals surface area contributed by atoms with E-state index in [1.165, 1.54) is 31.4 Å². The largest absolute Gasteiger partial charge is 0.465 e. The molecule has 1 N–H and O–H groups in total. The summed E-state index contributed by atoms with van der Waals surface area (Å²) in [6, 6.07) is 5.76. The Hall–Kier alpha value is -1.93. The van der Waals surface area contributed by atoms with Crippen molar-refractivity contribution < 1.29 is 22.7 Å². The van der Waals surface area contributed by atoms with Gasteiger partial charge < -0.3 is 10.1 Å². The molecule has 0 spiro atoms. The smallest absolute Gasteiger partial charge is 0.337 e. The molecule has 2 aliphatic heterocycles. The predicted molar refractivity (Wildman–Crippen MR) is 97.5 cm³/mol. The van der Waals surface area contributed by atoms with Crippen LogP contribution in [0.4, 0.5) is 0 Å². The number of hydrogen-bond acceptors (Lipinski definition) is 5. The van der Waals surface area contributed by atoms with Gasteiger partial charge in [0.2, 0.25) is 15.9 Å². The Bertz CT molecular complexity index is 833. The van der Waals surface area contributed by atoms with Crippen LogP contribution in [0.2, 0.25) is 0 Å².